The second kappa shape index (κ2) is 9.29. The van der Waals surface area contributed by atoms with E-state index in [-0.39, 0.29) is 22.8 Å². The van der Waals surface area contributed by atoms with Gasteiger partial charge in [-0.25, -0.2) is 0 Å². The molecular formula is C25H22ClNO5S. The van der Waals surface area contributed by atoms with Crippen LogP contribution in [-0.2, 0) is 9.59 Å². The second-order valence-corrected chi connectivity index (χ2v) is 9.47. The minimum atomic E-state index is -0.922. The lowest BCUT2D eigenvalue weighted by molar-refractivity contribution is -0.132. The van der Waals surface area contributed by atoms with Crippen LogP contribution in [0.1, 0.15) is 30.3 Å². The molecule has 3 aromatic rings. The summed E-state index contributed by atoms with van der Waals surface area (Å²) in [4.78, 5) is 28.1. The maximum absolute atomic E-state index is 13.2. The lowest BCUT2D eigenvalue weighted by Crippen LogP contribution is -2.29. The van der Waals surface area contributed by atoms with Crippen molar-refractivity contribution in [1.82, 2.24) is 0 Å². The van der Waals surface area contributed by atoms with Gasteiger partial charge < -0.3 is 14.9 Å². The Morgan fingerprint density at radius 3 is 2.64 bits per heavy atom. The van der Waals surface area contributed by atoms with E-state index in [0.717, 1.165) is 0 Å². The number of nitrogens with zero attached hydrogens (tertiary/aromatic N) is 1. The van der Waals surface area contributed by atoms with Gasteiger partial charge >= 0.3 is 0 Å². The summed E-state index contributed by atoms with van der Waals surface area (Å²) in [7, 11) is 0. The first-order chi connectivity index (χ1) is 15.8. The topological polar surface area (TPSA) is 87.1 Å². The summed E-state index contributed by atoms with van der Waals surface area (Å²) in [5.41, 5.74) is 0.380. The smallest absolute Gasteiger partial charge is 0.300 e. The molecule has 1 aromatic heterocycles. The number of ether oxygens (including phenoxy) is 1. The molecule has 0 spiro atoms. The number of halogens is 1. The Kier molecular flexibility index (Phi) is 6.44. The van der Waals surface area contributed by atoms with Crippen molar-refractivity contribution in [2.45, 2.75) is 19.9 Å². The molecule has 1 atom stereocenters. The number of Topliss-reactive ketones (excluding diaryl/α,β-unsaturated/α-hetero) is 1. The van der Waals surface area contributed by atoms with Crippen LogP contribution in [0.4, 0.5) is 5.69 Å². The van der Waals surface area contributed by atoms with Crippen molar-refractivity contribution < 1.29 is 24.5 Å². The van der Waals surface area contributed by atoms with E-state index in [9.17, 15) is 19.8 Å². The molecule has 170 valence electrons. The monoisotopic (exact) mass is 483 g/mol. The SMILES string of the molecule is CC(C)COc1cccc(/C(O)=C2/C(=O)C(=O)N(c3cc(Cl)ccc3O)C2c2cccs2)c1. The number of ketones is 1. The number of amides is 1. The van der Waals surface area contributed by atoms with Gasteiger partial charge in [0.1, 0.15) is 23.3 Å². The van der Waals surface area contributed by atoms with Crippen LogP contribution in [0, 0.1) is 5.92 Å². The molecule has 0 saturated carbocycles. The molecule has 8 heteroatoms. The van der Waals surface area contributed by atoms with Gasteiger partial charge in [-0.3, -0.25) is 14.5 Å². The summed E-state index contributed by atoms with van der Waals surface area (Å²) in [6, 6.07) is 13.7. The zero-order chi connectivity index (χ0) is 23.7. The Morgan fingerprint density at radius 1 is 1.15 bits per heavy atom. The summed E-state index contributed by atoms with van der Waals surface area (Å²) >= 11 is 7.44. The maximum atomic E-state index is 13.2. The van der Waals surface area contributed by atoms with E-state index >= 15 is 0 Å². The second-order valence-electron chi connectivity index (χ2n) is 8.05. The quantitative estimate of drug-likeness (QED) is 0.264. The molecule has 1 fully saturated rings. The molecule has 1 aliphatic heterocycles. The Hall–Kier alpha value is -3.29. The van der Waals surface area contributed by atoms with E-state index in [0.29, 0.717) is 33.7 Å². The summed E-state index contributed by atoms with van der Waals surface area (Å²) < 4.78 is 5.75. The van der Waals surface area contributed by atoms with Gasteiger partial charge in [-0.15, -0.1) is 11.3 Å². The van der Waals surface area contributed by atoms with Crippen molar-refractivity contribution in [3.8, 4) is 11.5 Å². The largest absolute Gasteiger partial charge is 0.507 e. The number of aliphatic hydroxyl groups excluding tert-OH is 1. The third kappa shape index (κ3) is 4.47. The number of phenolic OH excluding ortho intramolecular Hbond substituents is 1. The van der Waals surface area contributed by atoms with E-state index in [2.05, 4.69) is 0 Å². The Labute approximate surface area is 200 Å². The number of aromatic hydroxyl groups is 1. The normalized spacial score (nSPS) is 17.7. The van der Waals surface area contributed by atoms with Crippen molar-refractivity contribution in [2.24, 2.45) is 5.92 Å². The molecule has 0 aliphatic carbocycles. The Balaban J connectivity index is 1.86. The van der Waals surface area contributed by atoms with E-state index in [1.165, 1.54) is 34.4 Å². The number of rotatable bonds is 6. The third-order valence-electron chi connectivity index (χ3n) is 5.14. The number of hydrogen-bond acceptors (Lipinski definition) is 6. The number of benzene rings is 2. The molecule has 6 nitrogen and oxygen atoms in total. The molecule has 1 unspecified atom stereocenters. The number of phenols is 1. The molecule has 2 heterocycles. The van der Waals surface area contributed by atoms with Gasteiger partial charge in [-0.2, -0.15) is 0 Å². The van der Waals surface area contributed by atoms with Gasteiger partial charge in [-0.1, -0.05) is 43.6 Å². The van der Waals surface area contributed by atoms with E-state index < -0.39 is 17.7 Å². The molecule has 1 aliphatic rings. The van der Waals surface area contributed by atoms with Crippen LogP contribution in [-0.4, -0.2) is 28.5 Å². The lowest BCUT2D eigenvalue weighted by atomic mass is 9.99. The molecule has 0 radical (unpaired) electrons. The van der Waals surface area contributed by atoms with Crippen molar-refractivity contribution in [1.29, 1.82) is 0 Å². The molecule has 0 bridgehead atoms. The number of carbonyl (C=O) groups excluding carboxylic acids is 2. The first-order valence-electron chi connectivity index (χ1n) is 10.3. The molecule has 1 saturated heterocycles. The van der Waals surface area contributed by atoms with Crippen LogP contribution in [0.2, 0.25) is 5.02 Å². The van der Waals surface area contributed by atoms with Crippen molar-refractivity contribution in [3.05, 3.63) is 81.0 Å². The first kappa shape index (κ1) is 22.9. The van der Waals surface area contributed by atoms with Crippen LogP contribution in [0.3, 0.4) is 0 Å². The summed E-state index contributed by atoms with van der Waals surface area (Å²) in [5.74, 6) is -1.37. The van der Waals surface area contributed by atoms with Gasteiger partial charge in [0.25, 0.3) is 11.7 Å². The Bertz CT molecular complexity index is 1240. The average Bonchev–Trinajstić information content (AvgIpc) is 3.41. The lowest BCUT2D eigenvalue weighted by Gasteiger charge is -2.25. The van der Waals surface area contributed by atoms with Crippen LogP contribution in [0.15, 0.2) is 65.6 Å². The molecule has 2 N–H and O–H groups in total. The zero-order valence-electron chi connectivity index (χ0n) is 18.0. The predicted molar refractivity (Wildman–Crippen MR) is 129 cm³/mol. The fraction of sp³-hybridized carbons (Fsp3) is 0.200. The van der Waals surface area contributed by atoms with Gasteiger partial charge in [0.05, 0.1) is 17.9 Å². The molecule has 2 aromatic carbocycles. The number of aliphatic hydroxyl groups is 1. The van der Waals surface area contributed by atoms with Gasteiger partial charge in [0.15, 0.2) is 0 Å². The highest BCUT2D eigenvalue weighted by molar-refractivity contribution is 7.10. The summed E-state index contributed by atoms with van der Waals surface area (Å²) in [6.45, 7) is 4.55. The van der Waals surface area contributed by atoms with Crippen LogP contribution in [0.25, 0.3) is 5.76 Å². The fourth-order valence-electron chi connectivity index (χ4n) is 3.64. The van der Waals surface area contributed by atoms with E-state index in [1.54, 1.807) is 36.4 Å². The summed E-state index contributed by atoms with van der Waals surface area (Å²) in [6.07, 6.45) is 0. The standard InChI is InChI=1S/C25H22ClNO5S/c1-14(2)13-32-17-6-3-5-15(11-17)23(29)21-22(20-7-4-10-33-20)27(25(31)24(21)30)18-12-16(26)8-9-19(18)28/h3-12,14,22,28-29H,13H2,1-2H3/b23-21-. The molecule has 33 heavy (non-hydrogen) atoms. The highest BCUT2D eigenvalue weighted by Crippen LogP contribution is 2.46. The van der Waals surface area contributed by atoms with Gasteiger partial charge in [0.2, 0.25) is 0 Å². The van der Waals surface area contributed by atoms with Crippen LogP contribution in [0.5, 0.6) is 11.5 Å². The van der Waals surface area contributed by atoms with Gasteiger partial charge in [0, 0.05) is 15.5 Å². The zero-order valence-corrected chi connectivity index (χ0v) is 19.6. The van der Waals surface area contributed by atoms with Crippen molar-refractivity contribution in [3.63, 3.8) is 0 Å². The fourth-order valence-corrected chi connectivity index (χ4v) is 4.63. The number of hydrogen-bond donors (Lipinski definition) is 2. The maximum Gasteiger partial charge on any atom is 0.300 e. The highest BCUT2D eigenvalue weighted by Gasteiger charge is 2.48. The van der Waals surface area contributed by atoms with Crippen LogP contribution >= 0.6 is 22.9 Å². The summed E-state index contributed by atoms with van der Waals surface area (Å²) in [5, 5.41) is 23.8. The molecular weight excluding hydrogens is 462 g/mol. The average molecular weight is 484 g/mol. The third-order valence-corrected chi connectivity index (χ3v) is 6.30. The highest BCUT2D eigenvalue weighted by atomic mass is 35.5. The van der Waals surface area contributed by atoms with Crippen molar-refractivity contribution in [2.75, 3.05) is 11.5 Å². The predicted octanol–water partition coefficient (Wildman–Crippen LogP) is 5.77. The minimum absolute atomic E-state index is 0.0668. The van der Waals surface area contributed by atoms with Gasteiger partial charge in [-0.05, 0) is 47.7 Å². The molecule has 1 amide bonds. The van der Waals surface area contributed by atoms with Crippen molar-refractivity contribution >= 4 is 46.1 Å². The van der Waals surface area contributed by atoms with E-state index in [4.69, 9.17) is 16.3 Å². The van der Waals surface area contributed by atoms with Crippen LogP contribution < -0.4 is 9.64 Å². The van der Waals surface area contributed by atoms with E-state index in [1.807, 2.05) is 19.2 Å². The Morgan fingerprint density at radius 2 is 1.94 bits per heavy atom. The number of carbonyl (C=O) groups is 2. The first-order valence-corrected chi connectivity index (χ1v) is 11.6. The number of anilines is 1. The number of thiophene rings is 1. The minimum Gasteiger partial charge on any atom is -0.507 e. The molecule has 4 rings (SSSR count).